The quantitative estimate of drug-likeness (QED) is 0.589. The summed E-state index contributed by atoms with van der Waals surface area (Å²) in [7, 11) is 1.57. The van der Waals surface area contributed by atoms with Crippen molar-refractivity contribution in [2.24, 2.45) is 12.8 Å². The van der Waals surface area contributed by atoms with E-state index in [1.165, 1.54) is 30.0 Å². The van der Waals surface area contributed by atoms with Crippen LogP contribution in [0.5, 0.6) is 0 Å². The highest BCUT2D eigenvalue weighted by atomic mass is 19.3. The number of anilines is 1. The number of halogens is 3. The number of carbonyl (C=O) groups excluding carboxylic acids is 1. The first-order chi connectivity index (χ1) is 16.1. The van der Waals surface area contributed by atoms with Crippen LogP contribution in [0.1, 0.15) is 42.9 Å². The topological polar surface area (TPSA) is 106 Å². The van der Waals surface area contributed by atoms with Crippen LogP contribution < -0.4 is 16.6 Å². The molecule has 3 N–H and O–H groups in total. The maximum absolute atomic E-state index is 14.5. The number of benzene rings is 1. The zero-order valence-electron chi connectivity index (χ0n) is 18.8. The van der Waals surface area contributed by atoms with Gasteiger partial charge in [0, 0.05) is 50.3 Å². The van der Waals surface area contributed by atoms with Crippen LogP contribution in [0, 0.1) is 5.82 Å². The van der Waals surface area contributed by atoms with E-state index in [9.17, 15) is 22.8 Å². The summed E-state index contributed by atoms with van der Waals surface area (Å²) < 4.78 is 41.9. The highest BCUT2D eigenvalue weighted by molar-refractivity contribution is 5.87. The van der Waals surface area contributed by atoms with E-state index in [0.717, 1.165) is 6.07 Å². The molecule has 8 nitrogen and oxygen atoms in total. The Morgan fingerprint density at radius 1 is 1.26 bits per heavy atom. The SMILES string of the molecule is CC(=O)N1CCC(N)(c2cc3c(NCc4cccc(C(F)F)c4F)ncnc3n(C)c2=O)CC1. The zero-order chi connectivity index (χ0) is 24.6. The molecule has 1 amide bonds. The number of hydrogen-bond donors (Lipinski definition) is 2. The molecule has 0 saturated carbocycles. The summed E-state index contributed by atoms with van der Waals surface area (Å²) >= 11 is 0. The molecule has 0 atom stereocenters. The van der Waals surface area contributed by atoms with Gasteiger partial charge in [-0.1, -0.05) is 18.2 Å². The fourth-order valence-electron chi connectivity index (χ4n) is 4.34. The molecule has 0 aliphatic carbocycles. The third kappa shape index (κ3) is 4.23. The number of fused-ring (bicyclic) bond motifs is 1. The zero-order valence-corrected chi connectivity index (χ0v) is 18.8. The van der Waals surface area contributed by atoms with Gasteiger partial charge in [-0.2, -0.15) is 0 Å². The van der Waals surface area contributed by atoms with Crippen molar-refractivity contribution in [3.63, 3.8) is 0 Å². The fourth-order valence-corrected chi connectivity index (χ4v) is 4.34. The molecule has 1 saturated heterocycles. The summed E-state index contributed by atoms with van der Waals surface area (Å²) in [5.74, 6) is -0.709. The normalized spacial score (nSPS) is 15.7. The van der Waals surface area contributed by atoms with Crippen molar-refractivity contribution in [2.75, 3.05) is 18.4 Å². The first-order valence-electron chi connectivity index (χ1n) is 10.8. The van der Waals surface area contributed by atoms with Crippen LogP contribution in [0.25, 0.3) is 11.0 Å². The molecular weight excluding hydrogens is 449 g/mol. The number of aromatic nitrogens is 3. The predicted molar refractivity (Wildman–Crippen MR) is 121 cm³/mol. The van der Waals surface area contributed by atoms with Crippen molar-refractivity contribution in [3.05, 3.63) is 63.5 Å². The number of nitrogens with two attached hydrogens (primary N) is 1. The molecule has 34 heavy (non-hydrogen) atoms. The van der Waals surface area contributed by atoms with Crippen molar-refractivity contribution in [1.82, 2.24) is 19.4 Å². The molecular formula is C23H25F3N6O2. The number of likely N-dealkylation sites (tertiary alicyclic amines) is 1. The van der Waals surface area contributed by atoms with Crippen LogP contribution in [-0.4, -0.2) is 38.4 Å². The molecule has 3 heterocycles. The van der Waals surface area contributed by atoms with E-state index in [2.05, 4.69) is 15.3 Å². The van der Waals surface area contributed by atoms with Gasteiger partial charge < -0.3 is 16.0 Å². The lowest BCUT2D eigenvalue weighted by molar-refractivity contribution is -0.130. The highest BCUT2D eigenvalue weighted by Gasteiger charge is 2.36. The Morgan fingerprint density at radius 3 is 2.62 bits per heavy atom. The van der Waals surface area contributed by atoms with Gasteiger partial charge in [0.15, 0.2) is 0 Å². The molecule has 1 aromatic carbocycles. The summed E-state index contributed by atoms with van der Waals surface area (Å²) in [6, 6.07) is 5.46. The Balaban J connectivity index is 1.70. The second-order valence-corrected chi connectivity index (χ2v) is 8.52. The van der Waals surface area contributed by atoms with Crippen LogP contribution in [0.4, 0.5) is 19.0 Å². The molecule has 0 radical (unpaired) electrons. The van der Waals surface area contributed by atoms with Gasteiger partial charge in [0.1, 0.15) is 23.6 Å². The smallest absolute Gasteiger partial charge is 0.266 e. The van der Waals surface area contributed by atoms with Gasteiger partial charge in [-0.15, -0.1) is 0 Å². The minimum atomic E-state index is -2.92. The molecule has 0 unspecified atom stereocenters. The highest BCUT2D eigenvalue weighted by Crippen LogP contribution is 2.31. The van der Waals surface area contributed by atoms with Gasteiger partial charge in [0.25, 0.3) is 12.0 Å². The second-order valence-electron chi connectivity index (χ2n) is 8.52. The Morgan fingerprint density at radius 2 is 1.97 bits per heavy atom. The van der Waals surface area contributed by atoms with Gasteiger partial charge in [-0.05, 0) is 18.9 Å². The Kier molecular flexibility index (Phi) is 6.30. The lowest BCUT2D eigenvalue weighted by Crippen LogP contribution is -2.52. The number of aryl methyl sites for hydroxylation is 1. The summed E-state index contributed by atoms with van der Waals surface area (Å²) in [4.78, 5) is 34.9. The molecule has 2 aromatic heterocycles. The summed E-state index contributed by atoms with van der Waals surface area (Å²) in [6.45, 7) is 2.26. The lowest BCUT2D eigenvalue weighted by Gasteiger charge is -2.39. The predicted octanol–water partition coefficient (Wildman–Crippen LogP) is 2.81. The minimum Gasteiger partial charge on any atom is -0.365 e. The summed E-state index contributed by atoms with van der Waals surface area (Å²) in [6.07, 6.45) is -0.837. The third-order valence-electron chi connectivity index (χ3n) is 6.43. The Hall–Kier alpha value is -3.47. The molecule has 11 heteroatoms. The van der Waals surface area contributed by atoms with Crippen molar-refractivity contribution in [2.45, 2.75) is 38.3 Å². The van der Waals surface area contributed by atoms with Crippen molar-refractivity contribution in [1.29, 1.82) is 0 Å². The fraction of sp³-hybridized carbons (Fsp3) is 0.391. The molecule has 1 aliphatic rings. The van der Waals surface area contributed by atoms with Gasteiger partial charge in [0.05, 0.1) is 10.9 Å². The molecule has 180 valence electrons. The van der Waals surface area contributed by atoms with Gasteiger partial charge in [0.2, 0.25) is 5.91 Å². The van der Waals surface area contributed by atoms with Crippen molar-refractivity contribution < 1.29 is 18.0 Å². The van der Waals surface area contributed by atoms with E-state index in [4.69, 9.17) is 5.73 Å². The monoisotopic (exact) mass is 474 g/mol. The van der Waals surface area contributed by atoms with Crippen LogP contribution in [0.2, 0.25) is 0 Å². The maximum atomic E-state index is 14.5. The minimum absolute atomic E-state index is 0.0449. The molecule has 3 aromatic rings. The molecule has 0 bridgehead atoms. The molecule has 4 rings (SSSR count). The van der Waals surface area contributed by atoms with Crippen molar-refractivity contribution in [3.8, 4) is 0 Å². The number of carbonyl (C=O) groups is 1. The van der Waals surface area contributed by atoms with Crippen LogP contribution in [-0.2, 0) is 23.9 Å². The van der Waals surface area contributed by atoms with E-state index < -0.39 is 23.3 Å². The van der Waals surface area contributed by atoms with Crippen LogP contribution in [0.3, 0.4) is 0 Å². The number of nitrogens with zero attached hydrogens (tertiary/aromatic N) is 4. The van der Waals surface area contributed by atoms with Gasteiger partial charge in [-0.3, -0.25) is 14.2 Å². The average Bonchev–Trinajstić information content (AvgIpc) is 2.80. The Bertz CT molecular complexity index is 1300. The standard InChI is InChI=1S/C23H25F3N6O2/c1-13(33)32-8-6-23(27,7-9-32)17-10-16-20(29-12-30-21(16)31(2)22(17)34)28-11-14-4-3-5-15(18(14)24)19(25)26/h3-5,10,12,19H,6-9,11,27H2,1-2H3,(H,28,29,30). The second kappa shape index (κ2) is 9.05. The first kappa shape index (κ1) is 23.7. The summed E-state index contributed by atoms with van der Waals surface area (Å²) in [5, 5.41) is 3.47. The van der Waals surface area contributed by atoms with Crippen molar-refractivity contribution >= 4 is 22.8 Å². The van der Waals surface area contributed by atoms with Gasteiger partial charge >= 0.3 is 0 Å². The Labute approximate surface area is 193 Å². The van der Waals surface area contributed by atoms with E-state index in [1.54, 1.807) is 18.0 Å². The number of nitrogens with one attached hydrogen (secondary N) is 1. The van der Waals surface area contributed by atoms with E-state index >= 15 is 0 Å². The lowest BCUT2D eigenvalue weighted by atomic mass is 9.82. The molecule has 1 fully saturated rings. The first-order valence-corrected chi connectivity index (χ1v) is 10.8. The van der Waals surface area contributed by atoms with E-state index in [-0.39, 0.29) is 23.6 Å². The van der Waals surface area contributed by atoms with Crippen LogP contribution in [0.15, 0.2) is 35.4 Å². The number of amides is 1. The summed E-state index contributed by atoms with van der Waals surface area (Å²) in [5.41, 5.74) is 5.51. The number of alkyl halides is 2. The average molecular weight is 474 g/mol. The largest absolute Gasteiger partial charge is 0.365 e. The van der Waals surface area contributed by atoms with E-state index in [1.807, 2.05) is 0 Å². The third-order valence-corrected chi connectivity index (χ3v) is 6.43. The number of piperidine rings is 1. The maximum Gasteiger partial charge on any atom is 0.266 e. The molecule has 0 spiro atoms. The number of pyridine rings is 1. The van der Waals surface area contributed by atoms with Gasteiger partial charge in [-0.25, -0.2) is 23.1 Å². The number of hydrogen-bond acceptors (Lipinski definition) is 6. The van der Waals surface area contributed by atoms with E-state index in [0.29, 0.717) is 48.3 Å². The molecule has 1 aliphatic heterocycles. The van der Waals surface area contributed by atoms with Crippen LogP contribution >= 0.6 is 0 Å². The number of rotatable bonds is 5.